The van der Waals surface area contributed by atoms with Crippen LogP contribution in [0.4, 0.5) is 0 Å². The van der Waals surface area contributed by atoms with Gasteiger partial charge in [0, 0.05) is 25.5 Å². The molecule has 0 saturated carbocycles. The van der Waals surface area contributed by atoms with Crippen LogP contribution in [0.1, 0.15) is 21.9 Å². The molecule has 0 unspecified atom stereocenters. The summed E-state index contributed by atoms with van der Waals surface area (Å²) < 4.78 is 12.2. The van der Waals surface area contributed by atoms with E-state index in [2.05, 4.69) is 15.0 Å². The first kappa shape index (κ1) is 13.4. The van der Waals surface area contributed by atoms with Gasteiger partial charge in [0.05, 0.1) is 20.0 Å². The monoisotopic (exact) mass is 263 g/mol. The van der Waals surface area contributed by atoms with Crippen molar-refractivity contribution in [3.05, 3.63) is 41.9 Å². The Balaban J connectivity index is 1.81. The Labute approximate surface area is 111 Å². The van der Waals surface area contributed by atoms with E-state index in [0.29, 0.717) is 17.9 Å². The van der Waals surface area contributed by atoms with Crippen molar-refractivity contribution in [1.82, 2.24) is 14.9 Å². The number of nitrogens with one attached hydrogen (secondary N) is 1. The number of ether oxygens (including phenoxy) is 1. The van der Waals surface area contributed by atoms with Crippen LogP contribution in [-0.2, 0) is 17.8 Å². The van der Waals surface area contributed by atoms with Crippen LogP contribution in [0, 0.1) is 6.92 Å². The minimum Gasteiger partial charge on any atom is -0.465 e. The predicted molar refractivity (Wildman–Crippen MR) is 68.7 cm³/mol. The van der Waals surface area contributed by atoms with E-state index >= 15 is 0 Å². The zero-order valence-corrected chi connectivity index (χ0v) is 11.0. The summed E-state index contributed by atoms with van der Waals surface area (Å²) in [5, 5.41) is 3.24. The van der Waals surface area contributed by atoms with Crippen molar-refractivity contribution in [3.63, 3.8) is 0 Å². The van der Waals surface area contributed by atoms with Gasteiger partial charge in [0.15, 0.2) is 0 Å². The average molecular weight is 263 g/mol. The van der Waals surface area contributed by atoms with Gasteiger partial charge < -0.3 is 19.0 Å². The van der Waals surface area contributed by atoms with Crippen LogP contribution >= 0.6 is 0 Å². The molecule has 0 radical (unpaired) electrons. The van der Waals surface area contributed by atoms with E-state index in [4.69, 9.17) is 4.42 Å². The molecule has 2 aromatic rings. The lowest BCUT2D eigenvalue weighted by Crippen LogP contribution is -2.18. The maximum atomic E-state index is 11.4. The molecule has 0 aliphatic rings. The van der Waals surface area contributed by atoms with E-state index in [0.717, 1.165) is 18.8 Å². The minimum absolute atomic E-state index is 0.370. The molecule has 1 N–H and O–H groups in total. The quantitative estimate of drug-likeness (QED) is 0.629. The number of aryl methyl sites for hydroxylation is 1. The van der Waals surface area contributed by atoms with Gasteiger partial charge in [0.2, 0.25) is 0 Å². The van der Waals surface area contributed by atoms with Crippen molar-refractivity contribution < 1.29 is 13.9 Å². The van der Waals surface area contributed by atoms with Crippen molar-refractivity contribution in [1.29, 1.82) is 0 Å². The molecule has 19 heavy (non-hydrogen) atoms. The number of hydrogen-bond donors (Lipinski definition) is 1. The number of furan rings is 1. The molecule has 0 atom stereocenters. The molecule has 0 spiro atoms. The third kappa shape index (κ3) is 3.45. The lowest BCUT2D eigenvalue weighted by Gasteiger charge is -2.03. The number of methoxy groups -OCH3 is 1. The average Bonchev–Trinajstić information content (AvgIpc) is 3.03. The molecule has 2 aromatic heterocycles. The molecular formula is C13H17N3O3. The van der Waals surface area contributed by atoms with Gasteiger partial charge in [0.1, 0.15) is 17.1 Å². The van der Waals surface area contributed by atoms with Crippen molar-refractivity contribution in [2.24, 2.45) is 0 Å². The number of esters is 1. The zero-order chi connectivity index (χ0) is 13.7. The van der Waals surface area contributed by atoms with Gasteiger partial charge in [-0.3, -0.25) is 0 Å². The minimum atomic E-state index is -0.370. The molecule has 0 bridgehead atoms. The molecule has 0 fully saturated rings. The summed E-state index contributed by atoms with van der Waals surface area (Å²) in [5.74, 6) is 0.938. The second-order valence-corrected chi connectivity index (χ2v) is 4.15. The van der Waals surface area contributed by atoms with Gasteiger partial charge in [0.25, 0.3) is 0 Å². The second kappa shape index (κ2) is 6.19. The van der Waals surface area contributed by atoms with E-state index in [1.54, 1.807) is 25.5 Å². The predicted octanol–water partition coefficient (Wildman–Crippen LogP) is 1.36. The van der Waals surface area contributed by atoms with Crippen molar-refractivity contribution in [2.75, 3.05) is 13.7 Å². The summed E-state index contributed by atoms with van der Waals surface area (Å²) in [5.41, 5.74) is 0.480. The Morgan fingerprint density at radius 1 is 1.58 bits per heavy atom. The van der Waals surface area contributed by atoms with Gasteiger partial charge in [-0.05, 0) is 13.0 Å². The summed E-state index contributed by atoms with van der Waals surface area (Å²) in [6.45, 7) is 3.96. The lowest BCUT2D eigenvalue weighted by atomic mass is 10.2. The Morgan fingerprint density at radius 2 is 2.42 bits per heavy atom. The molecule has 2 heterocycles. The molecule has 102 valence electrons. The number of carbonyl (C=O) groups excluding carboxylic acids is 1. The fraction of sp³-hybridized carbons (Fsp3) is 0.385. The molecule has 0 aromatic carbocycles. The van der Waals surface area contributed by atoms with Crippen LogP contribution in [0.3, 0.4) is 0 Å². The highest BCUT2D eigenvalue weighted by Gasteiger charge is 2.14. The van der Waals surface area contributed by atoms with Crippen LogP contribution in [-0.4, -0.2) is 29.2 Å². The Kier molecular flexibility index (Phi) is 4.35. The van der Waals surface area contributed by atoms with Gasteiger partial charge in [-0.15, -0.1) is 0 Å². The molecule has 0 aliphatic heterocycles. The summed E-state index contributed by atoms with van der Waals surface area (Å²) >= 11 is 0. The highest BCUT2D eigenvalue weighted by molar-refractivity contribution is 5.90. The van der Waals surface area contributed by atoms with Crippen LogP contribution in [0.2, 0.25) is 0 Å². The normalized spacial score (nSPS) is 10.6. The highest BCUT2D eigenvalue weighted by atomic mass is 16.5. The van der Waals surface area contributed by atoms with Gasteiger partial charge in [-0.25, -0.2) is 9.78 Å². The highest BCUT2D eigenvalue weighted by Crippen LogP contribution is 2.15. The Morgan fingerprint density at radius 3 is 3.11 bits per heavy atom. The van der Waals surface area contributed by atoms with Crippen LogP contribution < -0.4 is 5.32 Å². The molecule has 6 heteroatoms. The van der Waals surface area contributed by atoms with Crippen LogP contribution in [0.15, 0.2) is 29.2 Å². The van der Waals surface area contributed by atoms with Crippen molar-refractivity contribution in [3.8, 4) is 0 Å². The maximum absolute atomic E-state index is 11.4. The zero-order valence-electron chi connectivity index (χ0n) is 11.0. The van der Waals surface area contributed by atoms with Gasteiger partial charge >= 0.3 is 5.97 Å². The molecular weight excluding hydrogens is 246 g/mol. The Bertz CT molecular complexity index is 531. The molecule has 0 amide bonds. The number of hydrogen-bond acceptors (Lipinski definition) is 5. The first-order chi connectivity index (χ1) is 9.20. The maximum Gasteiger partial charge on any atom is 0.341 e. The molecule has 0 saturated heterocycles. The van der Waals surface area contributed by atoms with E-state index < -0.39 is 0 Å². The molecule has 2 rings (SSSR count). The summed E-state index contributed by atoms with van der Waals surface area (Å²) in [6, 6.07) is 1.71. The Hall–Kier alpha value is -2.08. The van der Waals surface area contributed by atoms with Crippen molar-refractivity contribution in [2.45, 2.75) is 20.0 Å². The van der Waals surface area contributed by atoms with E-state index in [9.17, 15) is 4.79 Å². The van der Waals surface area contributed by atoms with Crippen molar-refractivity contribution >= 4 is 5.97 Å². The fourth-order valence-electron chi connectivity index (χ4n) is 1.78. The SMILES string of the molecule is COC(=O)c1cc(CNCCn2ccnc2)oc1C. The first-order valence-electron chi connectivity index (χ1n) is 6.05. The lowest BCUT2D eigenvalue weighted by molar-refractivity contribution is 0.0599. The number of imidazole rings is 1. The molecule has 6 nitrogen and oxygen atoms in total. The number of aromatic nitrogens is 2. The largest absolute Gasteiger partial charge is 0.465 e. The standard InChI is InChI=1S/C13H17N3O3/c1-10-12(13(17)18-2)7-11(19-10)8-14-3-5-16-6-4-15-9-16/h4,6-7,9,14H,3,5,8H2,1-2H3. The van der Waals surface area contributed by atoms with Gasteiger partial charge in [-0.1, -0.05) is 0 Å². The van der Waals surface area contributed by atoms with Crippen LogP contribution in [0.5, 0.6) is 0 Å². The topological polar surface area (TPSA) is 69.3 Å². The van der Waals surface area contributed by atoms with E-state index in [-0.39, 0.29) is 5.97 Å². The van der Waals surface area contributed by atoms with E-state index in [1.807, 2.05) is 10.8 Å². The number of nitrogens with zero attached hydrogens (tertiary/aromatic N) is 2. The molecule has 0 aliphatic carbocycles. The number of carbonyl (C=O) groups is 1. The van der Waals surface area contributed by atoms with Gasteiger partial charge in [-0.2, -0.15) is 0 Å². The number of rotatable bonds is 6. The van der Waals surface area contributed by atoms with E-state index in [1.165, 1.54) is 7.11 Å². The summed E-state index contributed by atoms with van der Waals surface area (Å²) in [6.07, 6.45) is 5.43. The fourth-order valence-corrected chi connectivity index (χ4v) is 1.78. The third-order valence-electron chi connectivity index (χ3n) is 2.78. The third-order valence-corrected chi connectivity index (χ3v) is 2.78. The first-order valence-corrected chi connectivity index (χ1v) is 6.05. The summed E-state index contributed by atoms with van der Waals surface area (Å²) in [4.78, 5) is 15.4. The summed E-state index contributed by atoms with van der Waals surface area (Å²) in [7, 11) is 1.36. The smallest absolute Gasteiger partial charge is 0.341 e. The van der Waals surface area contributed by atoms with Crippen LogP contribution in [0.25, 0.3) is 0 Å². The second-order valence-electron chi connectivity index (χ2n) is 4.15.